The van der Waals surface area contributed by atoms with Crippen LogP contribution in [0, 0.1) is 0 Å². The zero-order valence-electron chi connectivity index (χ0n) is 12.7. The Hall–Kier alpha value is -3.15. The quantitative estimate of drug-likeness (QED) is 0.479. The number of carbonyl (C=O) groups excluding carboxylic acids is 2. The second kappa shape index (κ2) is 7.74. The van der Waals surface area contributed by atoms with Crippen LogP contribution in [-0.2, 0) is 9.53 Å². The van der Waals surface area contributed by atoms with Gasteiger partial charge in [0.25, 0.3) is 0 Å². The summed E-state index contributed by atoms with van der Waals surface area (Å²) < 4.78 is 15.0. The summed E-state index contributed by atoms with van der Waals surface area (Å²) in [5, 5.41) is 0. The Bertz CT molecular complexity index is 725. The molecule has 2 aromatic rings. The first-order valence-electron chi connectivity index (χ1n) is 6.71. The number of hydrogen-bond acceptors (Lipinski definition) is 6. The van der Waals surface area contributed by atoms with Gasteiger partial charge in [0.15, 0.2) is 11.5 Å². The van der Waals surface area contributed by atoms with Gasteiger partial charge in [0.2, 0.25) is 0 Å². The zero-order valence-corrected chi connectivity index (χ0v) is 12.7. The van der Waals surface area contributed by atoms with E-state index in [2.05, 4.69) is 9.72 Å². The molecule has 0 atom stereocenters. The third kappa shape index (κ3) is 4.41. The number of ether oxygens (including phenoxy) is 3. The molecule has 118 valence electrons. The predicted octanol–water partition coefficient (Wildman–Crippen LogP) is 2.50. The number of benzene rings is 1. The first-order chi connectivity index (χ1) is 11.1. The summed E-state index contributed by atoms with van der Waals surface area (Å²) in [6, 6.07) is 9.86. The van der Waals surface area contributed by atoms with Gasteiger partial charge in [-0.2, -0.15) is 0 Å². The Morgan fingerprint density at radius 3 is 2.57 bits per heavy atom. The van der Waals surface area contributed by atoms with Gasteiger partial charge in [-0.25, -0.2) is 14.6 Å². The largest absolute Gasteiger partial charge is 0.493 e. The highest BCUT2D eigenvalue weighted by Gasteiger charge is 2.13. The van der Waals surface area contributed by atoms with Crippen LogP contribution in [0.3, 0.4) is 0 Å². The number of pyridine rings is 1. The Labute approximate surface area is 133 Å². The standard InChI is InChI=1S/C17H15NO5/c1-21-15-11-12(7-9-16(19)22-2)6-8-14(15)23-17(20)13-5-3-4-10-18-13/h3-11H,1-2H3/b9-7+. The average Bonchev–Trinajstić information content (AvgIpc) is 2.61. The van der Waals surface area contributed by atoms with Gasteiger partial charge in [-0.05, 0) is 35.9 Å². The minimum absolute atomic E-state index is 0.198. The minimum Gasteiger partial charge on any atom is -0.493 e. The molecule has 2 rings (SSSR count). The lowest BCUT2D eigenvalue weighted by Crippen LogP contribution is -2.10. The van der Waals surface area contributed by atoms with Crippen molar-refractivity contribution in [2.45, 2.75) is 0 Å². The molecule has 0 radical (unpaired) electrons. The summed E-state index contributed by atoms with van der Waals surface area (Å²) in [5.41, 5.74) is 0.897. The molecule has 0 aliphatic rings. The molecule has 1 heterocycles. The lowest BCUT2D eigenvalue weighted by Gasteiger charge is -2.09. The van der Waals surface area contributed by atoms with E-state index in [9.17, 15) is 9.59 Å². The van der Waals surface area contributed by atoms with Crippen molar-refractivity contribution in [2.75, 3.05) is 14.2 Å². The van der Waals surface area contributed by atoms with E-state index in [0.29, 0.717) is 11.3 Å². The number of methoxy groups -OCH3 is 2. The highest BCUT2D eigenvalue weighted by molar-refractivity contribution is 5.89. The van der Waals surface area contributed by atoms with Crippen LogP contribution in [0.5, 0.6) is 11.5 Å². The van der Waals surface area contributed by atoms with Crippen LogP contribution >= 0.6 is 0 Å². The van der Waals surface area contributed by atoms with Gasteiger partial charge >= 0.3 is 11.9 Å². The molecule has 0 bridgehead atoms. The molecule has 23 heavy (non-hydrogen) atoms. The average molecular weight is 313 g/mol. The summed E-state index contributed by atoms with van der Waals surface area (Å²) in [7, 11) is 2.76. The molecule has 0 saturated heterocycles. The fourth-order valence-corrected chi connectivity index (χ4v) is 1.74. The maximum absolute atomic E-state index is 12.0. The molecule has 0 N–H and O–H groups in total. The maximum Gasteiger partial charge on any atom is 0.362 e. The topological polar surface area (TPSA) is 74.7 Å². The summed E-state index contributed by atoms with van der Waals surface area (Å²) in [5.74, 6) is -0.420. The third-order valence-corrected chi connectivity index (χ3v) is 2.88. The normalized spacial score (nSPS) is 10.3. The van der Waals surface area contributed by atoms with Crippen molar-refractivity contribution in [2.24, 2.45) is 0 Å². The van der Waals surface area contributed by atoms with Crippen LogP contribution in [-0.4, -0.2) is 31.1 Å². The molecule has 6 heteroatoms. The van der Waals surface area contributed by atoms with Gasteiger partial charge in [0, 0.05) is 12.3 Å². The molecule has 0 unspecified atom stereocenters. The summed E-state index contributed by atoms with van der Waals surface area (Å²) >= 11 is 0. The molecule has 6 nitrogen and oxygen atoms in total. The lowest BCUT2D eigenvalue weighted by molar-refractivity contribution is -0.134. The van der Waals surface area contributed by atoms with Crippen molar-refractivity contribution in [3.63, 3.8) is 0 Å². The van der Waals surface area contributed by atoms with Crippen LogP contribution in [0.2, 0.25) is 0 Å². The van der Waals surface area contributed by atoms with Gasteiger partial charge in [-0.3, -0.25) is 0 Å². The van der Waals surface area contributed by atoms with Crippen LogP contribution in [0.4, 0.5) is 0 Å². The highest BCUT2D eigenvalue weighted by Crippen LogP contribution is 2.29. The van der Waals surface area contributed by atoms with Crippen LogP contribution in [0.15, 0.2) is 48.7 Å². The van der Waals surface area contributed by atoms with Gasteiger partial charge < -0.3 is 14.2 Å². The minimum atomic E-state index is -0.582. The van der Waals surface area contributed by atoms with E-state index < -0.39 is 11.9 Å². The van der Waals surface area contributed by atoms with Crippen molar-refractivity contribution >= 4 is 18.0 Å². The lowest BCUT2D eigenvalue weighted by atomic mass is 10.2. The first-order valence-corrected chi connectivity index (χ1v) is 6.71. The molecular weight excluding hydrogens is 298 g/mol. The summed E-state index contributed by atoms with van der Waals surface area (Å²) in [6.07, 6.45) is 4.36. The van der Waals surface area contributed by atoms with E-state index in [-0.39, 0.29) is 11.4 Å². The SMILES string of the molecule is COC(=O)/C=C/c1ccc(OC(=O)c2ccccn2)c(OC)c1. The highest BCUT2D eigenvalue weighted by atomic mass is 16.6. The fraction of sp³-hybridized carbons (Fsp3) is 0.118. The molecule has 0 amide bonds. The Balaban J connectivity index is 2.18. The van der Waals surface area contributed by atoms with Crippen molar-refractivity contribution < 1.29 is 23.8 Å². The summed E-state index contributed by atoms with van der Waals surface area (Å²) in [6.45, 7) is 0. The zero-order chi connectivity index (χ0) is 16.7. The van der Waals surface area contributed by atoms with Gasteiger partial charge in [-0.15, -0.1) is 0 Å². The maximum atomic E-state index is 12.0. The third-order valence-electron chi connectivity index (χ3n) is 2.88. The van der Waals surface area contributed by atoms with Gasteiger partial charge in [-0.1, -0.05) is 12.1 Å². The van der Waals surface area contributed by atoms with E-state index in [4.69, 9.17) is 9.47 Å². The van der Waals surface area contributed by atoms with Crippen molar-refractivity contribution in [1.29, 1.82) is 0 Å². The molecule has 0 fully saturated rings. The number of rotatable bonds is 5. The van der Waals surface area contributed by atoms with Crippen molar-refractivity contribution in [1.82, 2.24) is 4.98 Å². The fourth-order valence-electron chi connectivity index (χ4n) is 1.74. The van der Waals surface area contributed by atoms with E-state index >= 15 is 0 Å². The second-order valence-corrected chi connectivity index (χ2v) is 4.37. The molecule has 0 saturated carbocycles. The number of carbonyl (C=O) groups is 2. The molecule has 0 aliphatic carbocycles. The Kier molecular flexibility index (Phi) is 5.46. The smallest absolute Gasteiger partial charge is 0.362 e. The van der Waals surface area contributed by atoms with E-state index in [1.54, 1.807) is 42.5 Å². The number of nitrogens with zero attached hydrogens (tertiary/aromatic N) is 1. The number of aromatic nitrogens is 1. The summed E-state index contributed by atoms with van der Waals surface area (Å²) in [4.78, 5) is 27.0. The monoisotopic (exact) mass is 313 g/mol. The Morgan fingerprint density at radius 1 is 1.09 bits per heavy atom. The molecule has 1 aromatic heterocycles. The molecule has 0 aliphatic heterocycles. The van der Waals surface area contributed by atoms with E-state index in [1.165, 1.54) is 26.5 Å². The van der Waals surface area contributed by atoms with Crippen molar-refractivity contribution in [3.05, 3.63) is 59.9 Å². The van der Waals surface area contributed by atoms with E-state index in [1.807, 2.05) is 0 Å². The number of esters is 2. The van der Waals surface area contributed by atoms with Gasteiger partial charge in [0.05, 0.1) is 14.2 Å². The van der Waals surface area contributed by atoms with Crippen LogP contribution in [0.1, 0.15) is 16.1 Å². The molecular formula is C17H15NO5. The number of hydrogen-bond donors (Lipinski definition) is 0. The molecule has 1 aromatic carbocycles. The van der Waals surface area contributed by atoms with E-state index in [0.717, 1.165) is 0 Å². The Morgan fingerprint density at radius 2 is 1.91 bits per heavy atom. The van der Waals surface area contributed by atoms with Crippen molar-refractivity contribution in [3.8, 4) is 11.5 Å². The first kappa shape index (κ1) is 16.2. The second-order valence-electron chi connectivity index (χ2n) is 4.37. The van der Waals surface area contributed by atoms with Crippen LogP contribution in [0.25, 0.3) is 6.08 Å². The predicted molar refractivity (Wildman–Crippen MR) is 83.2 cm³/mol. The van der Waals surface area contributed by atoms with Gasteiger partial charge in [0.1, 0.15) is 5.69 Å². The van der Waals surface area contributed by atoms with Crippen LogP contribution < -0.4 is 9.47 Å². The molecule has 0 spiro atoms.